The van der Waals surface area contributed by atoms with E-state index in [2.05, 4.69) is 10.6 Å². The van der Waals surface area contributed by atoms with E-state index in [0.29, 0.717) is 6.42 Å². The molecule has 0 aliphatic heterocycles. The summed E-state index contributed by atoms with van der Waals surface area (Å²) in [5.41, 5.74) is -0.0832. The Morgan fingerprint density at radius 2 is 1.75 bits per heavy atom. The molecule has 0 bridgehead atoms. The van der Waals surface area contributed by atoms with Crippen LogP contribution in [0.15, 0.2) is 0 Å². The van der Waals surface area contributed by atoms with Crippen molar-refractivity contribution in [3.8, 4) is 0 Å². The summed E-state index contributed by atoms with van der Waals surface area (Å²) in [7, 11) is 0. The molecule has 0 radical (unpaired) electrons. The van der Waals surface area contributed by atoms with Crippen molar-refractivity contribution in [2.24, 2.45) is 5.41 Å². The van der Waals surface area contributed by atoms with Crippen LogP contribution in [0.25, 0.3) is 0 Å². The summed E-state index contributed by atoms with van der Waals surface area (Å²) in [6.45, 7) is 7.62. The molecular weight excluding hydrogens is 208 g/mol. The minimum absolute atomic E-state index is 0.0400. The lowest BCUT2D eigenvalue weighted by atomic mass is 9.92. The van der Waals surface area contributed by atoms with Gasteiger partial charge in [0.15, 0.2) is 0 Å². The molecule has 1 atom stereocenters. The molecule has 1 unspecified atom stereocenters. The van der Waals surface area contributed by atoms with Gasteiger partial charge in [-0.1, -0.05) is 20.8 Å². The average molecular weight is 230 g/mol. The van der Waals surface area contributed by atoms with Crippen LogP contribution in [0.4, 0.5) is 0 Å². The molecule has 5 heteroatoms. The van der Waals surface area contributed by atoms with Crippen LogP contribution in [-0.2, 0) is 9.59 Å². The molecule has 0 aliphatic carbocycles. The van der Waals surface area contributed by atoms with Gasteiger partial charge in [0, 0.05) is 13.0 Å². The molecule has 0 aromatic carbocycles. The number of aliphatic hydroxyl groups is 1. The Morgan fingerprint density at radius 1 is 1.19 bits per heavy atom. The summed E-state index contributed by atoms with van der Waals surface area (Å²) in [6.07, 6.45) is -0.189. The van der Waals surface area contributed by atoms with E-state index in [9.17, 15) is 9.59 Å². The summed E-state index contributed by atoms with van der Waals surface area (Å²) in [6, 6.07) is 0. The van der Waals surface area contributed by atoms with Crippen LogP contribution in [0.2, 0.25) is 0 Å². The van der Waals surface area contributed by atoms with E-state index in [1.54, 1.807) is 6.92 Å². The van der Waals surface area contributed by atoms with Gasteiger partial charge in [-0.05, 0) is 12.3 Å². The van der Waals surface area contributed by atoms with Crippen molar-refractivity contribution in [3.05, 3.63) is 0 Å². The van der Waals surface area contributed by atoms with Crippen molar-refractivity contribution in [2.45, 2.75) is 40.2 Å². The van der Waals surface area contributed by atoms with E-state index in [1.807, 2.05) is 20.8 Å². The molecule has 2 amide bonds. The number of rotatable bonds is 5. The maximum absolute atomic E-state index is 11.4. The van der Waals surface area contributed by atoms with Gasteiger partial charge in [-0.25, -0.2) is 0 Å². The highest BCUT2D eigenvalue weighted by atomic mass is 16.3. The zero-order valence-corrected chi connectivity index (χ0v) is 10.5. The monoisotopic (exact) mass is 230 g/mol. The number of hydrogen-bond donors (Lipinski definition) is 3. The first-order valence-electron chi connectivity index (χ1n) is 5.42. The van der Waals surface area contributed by atoms with Gasteiger partial charge in [-0.2, -0.15) is 0 Å². The number of carbonyl (C=O) groups is 2. The third-order valence-corrected chi connectivity index (χ3v) is 1.73. The molecule has 5 nitrogen and oxygen atoms in total. The first-order chi connectivity index (χ1) is 7.20. The third-order valence-electron chi connectivity index (χ3n) is 1.73. The first kappa shape index (κ1) is 14.9. The lowest BCUT2D eigenvalue weighted by Gasteiger charge is -2.17. The molecule has 0 aliphatic rings. The van der Waals surface area contributed by atoms with Crippen molar-refractivity contribution in [3.63, 3.8) is 0 Å². The average Bonchev–Trinajstić information content (AvgIpc) is 2.08. The summed E-state index contributed by atoms with van der Waals surface area (Å²) in [5, 5.41) is 14.0. The Hall–Kier alpha value is -1.10. The Balaban J connectivity index is 3.72. The van der Waals surface area contributed by atoms with Crippen molar-refractivity contribution in [1.29, 1.82) is 0 Å². The van der Waals surface area contributed by atoms with Crippen molar-refractivity contribution >= 4 is 11.8 Å². The smallest absolute Gasteiger partial charge is 0.239 e. The van der Waals surface area contributed by atoms with Crippen LogP contribution in [-0.4, -0.2) is 36.1 Å². The standard InChI is InChI=1S/C11H22N2O3/c1-8(14)6-12-10(16)7-13-9(15)5-11(2,3)4/h8,14H,5-7H2,1-4H3,(H,12,16)(H,13,15). The minimum atomic E-state index is -0.575. The summed E-state index contributed by atoms with van der Waals surface area (Å²) >= 11 is 0. The summed E-state index contributed by atoms with van der Waals surface area (Å²) in [4.78, 5) is 22.5. The number of amides is 2. The largest absolute Gasteiger partial charge is 0.392 e. The van der Waals surface area contributed by atoms with Crippen molar-refractivity contribution in [1.82, 2.24) is 10.6 Å². The molecule has 0 saturated heterocycles. The maximum Gasteiger partial charge on any atom is 0.239 e. The van der Waals surface area contributed by atoms with Gasteiger partial charge in [0.25, 0.3) is 0 Å². The van der Waals surface area contributed by atoms with Crippen LogP contribution in [0.3, 0.4) is 0 Å². The van der Waals surface area contributed by atoms with E-state index in [0.717, 1.165) is 0 Å². The molecule has 0 aromatic rings. The van der Waals surface area contributed by atoms with Crippen LogP contribution < -0.4 is 10.6 Å². The Morgan fingerprint density at radius 3 is 2.19 bits per heavy atom. The van der Waals surface area contributed by atoms with Crippen LogP contribution in [0, 0.1) is 5.41 Å². The number of nitrogens with one attached hydrogen (secondary N) is 2. The molecule has 3 N–H and O–H groups in total. The molecule has 94 valence electrons. The highest BCUT2D eigenvalue weighted by molar-refractivity contribution is 5.84. The second kappa shape index (κ2) is 6.48. The minimum Gasteiger partial charge on any atom is -0.392 e. The van der Waals surface area contributed by atoms with E-state index >= 15 is 0 Å². The fourth-order valence-corrected chi connectivity index (χ4v) is 1.05. The summed E-state index contributed by atoms with van der Waals surface area (Å²) < 4.78 is 0. The number of aliphatic hydroxyl groups excluding tert-OH is 1. The molecule has 0 rings (SSSR count). The fourth-order valence-electron chi connectivity index (χ4n) is 1.05. The van der Waals surface area contributed by atoms with Crippen LogP contribution in [0.1, 0.15) is 34.1 Å². The van der Waals surface area contributed by atoms with Gasteiger partial charge >= 0.3 is 0 Å². The van der Waals surface area contributed by atoms with Crippen LogP contribution in [0.5, 0.6) is 0 Å². The Labute approximate surface area is 96.6 Å². The van der Waals surface area contributed by atoms with Gasteiger partial charge in [0.2, 0.25) is 11.8 Å². The normalized spacial score (nSPS) is 13.1. The molecule has 0 fully saturated rings. The summed E-state index contributed by atoms with van der Waals surface area (Å²) in [5.74, 6) is -0.428. The van der Waals surface area contributed by atoms with Gasteiger partial charge in [0.05, 0.1) is 12.6 Å². The third kappa shape index (κ3) is 9.45. The van der Waals surface area contributed by atoms with E-state index < -0.39 is 6.10 Å². The van der Waals surface area contributed by atoms with Gasteiger partial charge in [-0.3, -0.25) is 9.59 Å². The van der Waals surface area contributed by atoms with Crippen molar-refractivity contribution in [2.75, 3.05) is 13.1 Å². The lowest BCUT2D eigenvalue weighted by molar-refractivity contribution is -0.127. The van der Waals surface area contributed by atoms with Gasteiger partial charge in [-0.15, -0.1) is 0 Å². The second-order valence-electron chi connectivity index (χ2n) is 5.17. The van der Waals surface area contributed by atoms with Crippen molar-refractivity contribution < 1.29 is 14.7 Å². The molecule has 16 heavy (non-hydrogen) atoms. The SMILES string of the molecule is CC(O)CNC(=O)CNC(=O)CC(C)(C)C. The zero-order valence-electron chi connectivity index (χ0n) is 10.5. The second-order valence-corrected chi connectivity index (χ2v) is 5.17. The lowest BCUT2D eigenvalue weighted by Crippen LogP contribution is -2.40. The molecule has 0 saturated carbocycles. The topological polar surface area (TPSA) is 78.4 Å². The Kier molecular flexibility index (Phi) is 6.03. The highest BCUT2D eigenvalue weighted by Crippen LogP contribution is 2.17. The molecule has 0 aromatic heterocycles. The Bertz CT molecular complexity index is 244. The zero-order chi connectivity index (χ0) is 12.8. The first-order valence-corrected chi connectivity index (χ1v) is 5.42. The molecule has 0 heterocycles. The van der Waals surface area contributed by atoms with Gasteiger partial charge in [0.1, 0.15) is 0 Å². The number of hydrogen-bond acceptors (Lipinski definition) is 3. The van der Waals surface area contributed by atoms with Gasteiger partial charge < -0.3 is 15.7 Å². The molecule has 0 spiro atoms. The maximum atomic E-state index is 11.4. The quantitative estimate of drug-likeness (QED) is 0.624. The number of carbonyl (C=O) groups excluding carboxylic acids is 2. The van der Waals surface area contributed by atoms with E-state index in [4.69, 9.17) is 5.11 Å². The predicted molar refractivity (Wildman–Crippen MR) is 61.8 cm³/mol. The molecular formula is C11H22N2O3. The van der Waals surface area contributed by atoms with Crippen LogP contribution >= 0.6 is 0 Å². The predicted octanol–water partition coefficient (Wildman–Crippen LogP) is 0.0358. The van der Waals surface area contributed by atoms with E-state index in [1.165, 1.54) is 0 Å². The fraction of sp³-hybridized carbons (Fsp3) is 0.818. The van der Waals surface area contributed by atoms with E-state index in [-0.39, 0.29) is 30.3 Å². The highest BCUT2D eigenvalue weighted by Gasteiger charge is 2.16.